The maximum atomic E-state index is 12.0. The van der Waals surface area contributed by atoms with Gasteiger partial charge in [-0.05, 0) is 37.1 Å². The largest absolute Gasteiger partial charge is 0.494 e. The highest BCUT2D eigenvalue weighted by atomic mass is 16.5. The van der Waals surface area contributed by atoms with E-state index >= 15 is 0 Å². The molecule has 0 fully saturated rings. The average molecular weight is 307 g/mol. The number of rotatable bonds is 10. The zero-order valence-electron chi connectivity index (χ0n) is 13.3. The van der Waals surface area contributed by atoms with Crippen LogP contribution in [0.4, 0.5) is 0 Å². The fourth-order valence-corrected chi connectivity index (χ4v) is 2.03. The molecule has 1 aromatic carbocycles. The molecule has 0 aliphatic rings. The second-order valence-electron chi connectivity index (χ2n) is 5.23. The Hall–Kier alpha value is -2.04. The summed E-state index contributed by atoms with van der Waals surface area (Å²) in [6, 6.07) is 5.92. The number of carboxylic acid groups (broad SMARTS) is 1. The number of aliphatic carboxylic acids is 1. The first-order valence-electron chi connectivity index (χ1n) is 7.85. The van der Waals surface area contributed by atoms with E-state index in [2.05, 4.69) is 12.2 Å². The number of hydrogen-bond donors (Lipinski definition) is 2. The number of ether oxygens (including phenoxy) is 1. The maximum absolute atomic E-state index is 12.0. The van der Waals surface area contributed by atoms with Crippen LogP contribution in [-0.4, -0.2) is 29.6 Å². The molecule has 0 saturated carbocycles. The van der Waals surface area contributed by atoms with E-state index in [-0.39, 0.29) is 5.91 Å². The smallest absolute Gasteiger partial charge is 0.326 e. The van der Waals surface area contributed by atoms with Gasteiger partial charge < -0.3 is 15.2 Å². The van der Waals surface area contributed by atoms with Gasteiger partial charge >= 0.3 is 5.97 Å². The third-order valence-electron chi connectivity index (χ3n) is 3.31. The molecule has 0 aromatic heterocycles. The minimum atomic E-state index is -1.01. The van der Waals surface area contributed by atoms with Crippen LogP contribution in [-0.2, 0) is 4.79 Å². The van der Waals surface area contributed by atoms with Gasteiger partial charge in [0.15, 0.2) is 0 Å². The second kappa shape index (κ2) is 9.82. The molecule has 0 heterocycles. The topological polar surface area (TPSA) is 75.6 Å². The monoisotopic (exact) mass is 307 g/mol. The molecule has 1 rings (SSSR count). The zero-order valence-corrected chi connectivity index (χ0v) is 13.3. The summed E-state index contributed by atoms with van der Waals surface area (Å²) in [6.07, 6.45) is 4.40. The van der Waals surface area contributed by atoms with Crippen LogP contribution in [0, 0.1) is 0 Å². The Morgan fingerprint density at radius 2 is 1.82 bits per heavy atom. The lowest BCUT2D eigenvalue weighted by atomic mass is 10.1. The van der Waals surface area contributed by atoms with E-state index in [1.807, 2.05) is 6.92 Å². The quantitative estimate of drug-likeness (QED) is 0.651. The van der Waals surface area contributed by atoms with Crippen LogP contribution in [0.1, 0.15) is 56.3 Å². The van der Waals surface area contributed by atoms with Gasteiger partial charge in [0, 0.05) is 5.56 Å². The lowest BCUT2D eigenvalue weighted by molar-refractivity contribution is -0.139. The van der Waals surface area contributed by atoms with Crippen molar-refractivity contribution in [3.63, 3.8) is 0 Å². The zero-order chi connectivity index (χ0) is 16.4. The first kappa shape index (κ1) is 18.0. The molecule has 2 N–H and O–H groups in total. The molecule has 0 radical (unpaired) electrons. The van der Waals surface area contributed by atoms with Gasteiger partial charge in [-0.15, -0.1) is 0 Å². The fourth-order valence-electron chi connectivity index (χ4n) is 2.03. The normalized spacial score (nSPS) is 11.7. The SMILES string of the molecule is CCCCCOc1ccc(C(=O)N[C@H](CCC)C(=O)O)cc1. The highest BCUT2D eigenvalue weighted by Gasteiger charge is 2.19. The van der Waals surface area contributed by atoms with E-state index in [4.69, 9.17) is 9.84 Å². The van der Waals surface area contributed by atoms with Gasteiger partial charge in [0.25, 0.3) is 5.91 Å². The van der Waals surface area contributed by atoms with Crippen molar-refractivity contribution < 1.29 is 19.4 Å². The molecule has 0 saturated heterocycles. The molecule has 0 aliphatic heterocycles. The molecule has 122 valence electrons. The van der Waals surface area contributed by atoms with Crippen LogP contribution >= 0.6 is 0 Å². The van der Waals surface area contributed by atoms with E-state index in [1.54, 1.807) is 24.3 Å². The van der Waals surface area contributed by atoms with Crippen LogP contribution in [0.2, 0.25) is 0 Å². The third kappa shape index (κ3) is 6.16. The Bertz CT molecular complexity index is 470. The van der Waals surface area contributed by atoms with Crippen molar-refractivity contribution in [1.29, 1.82) is 0 Å². The lowest BCUT2D eigenvalue weighted by Crippen LogP contribution is -2.40. The average Bonchev–Trinajstić information content (AvgIpc) is 2.51. The number of carboxylic acids is 1. The van der Waals surface area contributed by atoms with E-state index in [0.29, 0.717) is 25.0 Å². The van der Waals surface area contributed by atoms with Crippen LogP contribution in [0.5, 0.6) is 5.75 Å². The highest BCUT2D eigenvalue weighted by Crippen LogP contribution is 2.13. The van der Waals surface area contributed by atoms with Gasteiger partial charge in [-0.25, -0.2) is 4.79 Å². The minimum Gasteiger partial charge on any atom is -0.494 e. The number of amides is 1. The summed E-state index contributed by atoms with van der Waals surface area (Å²) >= 11 is 0. The number of nitrogens with one attached hydrogen (secondary N) is 1. The predicted molar refractivity (Wildman–Crippen MR) is 85.3 cm³/mol. The summed E-state index contributed by atoms with van der Waals surface area (Å²) in [7, 11) is 0. The molecule has 0 bridgehead atoms. The van der Waals surface area contributed by atoms with E-state index in [1.165, 1.54) is 0 Å². The van der Waals surface area contributed by atoms with Crippen molar-refractivity contribution in [2.45, 2.75) is 52.0 Å². The first-order chi connectivity index (χ1) is 10.6. The summed E-state index contributed by atoms with van der Waals surface area (Å²) in [4.78, 5) is 23.1. The maximum Gasteiger partial charge on any atom is 0.326 e. The van der Waals surface area contributed by atoms with Crippen molar-refractivity contribution >= 4 is 11.9 Å². The first-order valence-corrected chi connectivity index (χ1v) is 7.85. The summed E-state index contributed by atoms with van der Waals surface area (Å²) < 4.78 is 5.57. The van der Waals surface area contributed by atoms with Crippen LogP contribution < -0.4 is 10.1 Å². The number of benzene rings is 1. The van der Waals surface area contributed by atoms with Crippen molar-refractivity contribution in [2.24, 2.45) is 0 Å². The molecule has 22 heavy (non-hydrogen) atoms. The lowest BCUT2D eigenvalue weighted by Gasteiger charge is -2.13. The molecule has 1 aromatic rings. The van der Waals surface area contributed by atoms with Gasteiger partial charge in [0.1, 0.15) is 11.8 Å². The minimum absolute atomic E-state index is 0.376. The molecule has 1 atom stereocenters. The van der Waals surface area contributed by atoms with Crippen molar-refractivity contribution in [1.82, 2.24) is 5.32 Å². The van der Waals surface area contributed by atoms with Crippen LogP contribution in [0.25, 0.3) is 0 Å². The van der Waals surface area contributed by atoms with E-state index in [9.17, 15) is 9.59 Å². The Morgan fingerprint density at radius 1 is 1.14 bits per heavy atom. The molecule has 5 nitrogen and oxygen atoms in total. The molecular weight excluding hydrogens is 282 g/mol. The molecule has 0 aliphatic carbocycles. The van der Waals surface area contributed by atoms with Crippen molar-refractivity contribution in [3.8, 4) is 5.75 Å². The van der Waals surface area contributed by atoms with E-state index in [0.717, 1.165) is 25.0 Å². The van der Waals surface area contributed by atoms with Gasteiger partial charge in [0.05, 0.1) is 6.61 Å². The van der Waals surface area contributed by atoms with Crippen molar-refractivity contribution in [2.75, 3.05) is 6.61 Å². The Kier molecular flexibility index (Phi) is 8.04. The predicted octanol–water partition coefficient (Wildman–Crippen LogP) is 3.24. The van der Waals surface area contributed by atoms with Crippen molar-refractivity contribution in [3.05, 3.63) is 29.8 Å². The Labute approximate surface area is 131 Å². The number of carbonyl (C=O) groups excluding carboxylic acids is 1. The van der Waals surface area contributed by atoms with Gasteiger partial charge in [0.2, 0.25) is 0 Å². The highest BCUT2D eigenvalue weighted by molar-refractivity contribution is 5.96. The van der Waals surface area contributed by atoms with Gasteiger partial charge in [-0.3, -0.25) is 4.79 Å². The molecular formula is C17H25NO4. The number of hydrogen-bond acceptors (Lipinski definition) is 3. The van der Waals surface area contributed by atoms with Gasteiger partial charge in [-0.1, -0.05) is 33.1 Å². The third-order valence-corrected chi connectivity index (χ3v) is 3.31. The summed E-state index contributed by atoms with van der Waals surface area (Å²) in [5, 5.41) is 11.6. The summed E-state index contributed by atoms with van der Waals surface area (Å²) in [6.45, 7) is 4.68. The van der Waals surface area contributed by atoms with Gasteiger partial charge in [-0.2, -0.15) is 0 Å². The van der Waals surface area contributed by atoms with Crippen LogP contribution in [0.3, 0.4) is 0 Å². The number of unbranched alkanes of at least 4 members (excludes halogenated alkanes) is 2. The van der Waals surface area contributed by atoms with Crippen LogP contribution in [0.15, 0.2) is 24.3 Å². The van der Waals surface area contributed by atoms with E-state index < -0.39 is 12.0 Å². The Morgan fingerprint density at radius 3 is 2.36 bits per heavy atom. The Balaban J connectivity index is 2.54. The second-order valence-corrected chi connectivity index (χ2v) is 5.23. The summed E-state index contributed by atoms with van der Waals surface area (Å²) in [5.74, 6) is -0.666. The summed E-state index contributed by atoms with van der Waals surface area (Å²) in [5.41, 5.74) is 0.434. The standard InChI is InChI=1S/C17H25NO4/c1-3-5-6-12-22-14-10-8-13(9-11-14)16(19)18-15(7-4-2)17(20)21/h8-11,15H,3-7,12H2,1-2H3,(H,18,19)(H,20,21)/t15-/m1/s1. The molecule has 0 unspecified atom stereocenters. The number of carbonyl (C=O) groups is 2. The molecule has 1 amide bonds. The molecule has 5 heteroatoms. The fraction of sp³-hybridized carbons (Fsp3) is 0.529. The molecule has 0 spiro atoms.